The Morgan fingerprint density at radius 3 is 2.32 bits per heavy atom. The van der Waals surface area contributed by atoms with Gasteiger partial charge in [-0.2, -0.15) is 0 Å². The number of carboxylic acids is 1. The zero-order chi connectivity index (χ0) is 14.8. The van der Waals surface area contributed by atoms with Crippen LogP contribution in [0.15, 0.2) is 0 Å². The Kier molecular flexibility index (Phi) is 8.38. The number of amides is 2. The van der Waals surface area contributed by atoms with Crippen LogP contribution in [-0.2, 0) is 4.79 Å². The fourth-order valence-electron chi connectivity index (χ4n) is 1.84. The van der Waals surface area contributed by atoms with Gasteiger partial charge >= 0.3 is 12.0 Å². The van der Waals surface area contributed by atoms with Crippen LogP contribution in [0.2, 0.25) is 0 Å². The highest BCUT2D eigenvalue weighted by Gasteiger charge is 2.25. The molecule has 3 N–H and O–H groups in total. The third-order valence-electron chi connectivity index (χ3n) is 2.90. The van der Waals surface area contributed by atoms with Crippen LogP contribution in [0.1, 0.15) is 33.1 Å². The van der Waals surface area contributed by atoms with Crippen LogP contribution >= 0.6 is 0 Å². The molecular weight excluding hydrogens is 248 g/mol. The minimum atomic E-state index is -1.17. The molecule has 0 radical (unpaired) electrons. The summed E-state index contributed by atoms with van der Waals surface area (Å²) in [4.78, 5) is 24.4. The fourth-order valence-corrected chi connectivity index (χ4v) is 1.84. The Hall–Kier alpha value is -1.74. The number of urea groups is 1. The van der Waals surface area contributed by atoms with Crippen LogP contribution in [0.5, 0.6) is 0 Å². The van der Waals surface area contributed by atoms with Gasteiger partial charge in [0.2, 0.25) is 0 Å². The molecule has 0 rings (SSSR count). The Morgan fingerprint density at radius 1 is 1.37 bits per heavy atom. The largest absolute Gasteiger partial charge is 0.480 e. The fraction of sp³-hybridized carbons (Fsp3) is 0.692. The molecule has 0 fully saturated rings. The minimum Gasteiger partial charge on any atom is -0.480 e. The van der Waals surface area contributed by atoms with E-state index >= 15 is 0 Å². The monoisotopic (exact) mass is 270 g/mol. The molecule has 2 amide bonds. The number of aliphatic hydroxyl groups excluding tert-OH is 1. The summed E-state index contributed by atoms with van der Waals surface area (Å²) in [6.45, 7) is 3.86. The highest BCUT2D eigenvalue weighted by molar-refractivity contribution is 5.83. The molecule has 0 heterocycles. The third kappa shape index (κ3) is 5.62. The second kappa shape index (κ2) is 9.22. The van der Waals surface area contributed by atoms with Crippen LogP contribution in [0.4, 0.5) is 4.79 Å². The Morgan fingerprint density at radius 2 is 1.95 bits per heavy atom. The first-order valence-corrected chi connectivity index (χ1v) is 6.35. The molecule has 0 bridgehead atoms. The number of carbonyl (C=O) groups is 2. The number of rotatable bonds is 8. The summed E-state index contributed by atoms with van der Waals surface area (Å²) in [5, 5.41) is 20.3. The van der Waals surface area contributed by atoms with Gasteiger partial charge in [0.1, 0.15) is 6.04 Å². The van der Waals surface area contributed by atoms with Gasteiger partial charge in [0.05, 0.1) is 6.61 Å². The quantitative estimate of drug-likeness (QED) is 0.565. The number of hydrogen-bond donors (Lipinski definition) is 3. The number of hydrogen-bond acceptors (Lipinski definition) is 3. The van der Waals surface area contributed by atoms with E-state index in [4.69, 9.17) is 16.6 Å². The number of terminal acetylenes is 1. The molecule has 0 aromatic carbocycles. The maximum absolute atomic E-state index is 12.1. The number of aliphatic hydroxyl groups is 1. The predicted molar refractivity (Wildman–Crippen MR) is 71.6 cm³/mol. The van der Waals surface area contributed by atoms with Gasteiger partial charge in [-0.3, -0.25) is 0 Å². The number of aliphatic carboxylic acids is 1. The predicted octanol–water partition coefficient (Wildman–Crippen LogP) is 0.655. The van der Waals surface area contributed by atoms with E-state index in [1.165, 1.54) is 4.90 Å². The Labute approximate surface area is 113 Å². The average Bonchev–Trinajstić information content (AvgIpc) is 2.38. The summed E-state index contributed by atoms with van der Waals surface area (Å²) >= 11 is 0. The molecule has 0 aromatic rings. The Balaban J connectivity index is 4.80. The van der Waals surface area contributed by atoms with E-state index in [2.05, 4.69) is 11.2 Å². The molecule has 0 saturated heterocycles. The van der Waals surface area contributed by atoms with Crippen molar-refractivity contribution in [2.24, 2.45) is 0 Å². The van der Waals surface area contributed by atoms with Crippen LogP contribution in [0, 0.1) is 12.3 Å². The molecule has 19 heavy (non-hydrogen) atoms. The van der Waals surface area contributed by atoms with Crippen molar-refractivity contribution in [2.45, 2.75) is 45.2 Å². The number of nitrogens with one attached hydrogen (secondary N) is 1. The van der Waals surface area contributed by atoms with E-state index in [0.717, 1.165) is 12.8 Å². The van der Waals surface area contributed by atoms with Crippen molar-refractivity contribution >= 4 is 12.0 Å². The molecule has 6 nitrogen and oxygen atoms in total. The highest BCUT2D eigenvalue weighted by atomic mass is 16.4. The highest BCUT2D eigenvalue weighted by Crippen LogP contribution is 2.09. The van der Waals surface area contributed by atoms with Gasteiger partial charge in [0.15, 0.2) is 0 Å². The van der Waals surface area contributed by atoms with Gasteiger partial charge in [0.25, 0.3) is 0 Å². The molecule has 1 atom stereocenters. The molecule has 0 aliphatic heterocycles. The molecule has 1 unspecified atom stereocenters. The normalized spacial score (nSPS) is 11.7. The van der Waals surface area contributed by atoms with Crippen LogP contribution in [0.25, 0.3) is 0 Å². The number of carboxylic acid groups (broad SMARTS) is 1. The first-order valence-electron chi connectivity index (χ1n) is 6.35. The summed E-state index contributed by atoms with van der Waals surface area (Å²) in [6, 6.07) is -1.65. The van der Waals surface area contributed by atoms with Crippen molar-refractivity contribution in [3.63, 3.8) is 0 Å². The zero-order valence-corrected chi connectivity index (χ0v) is 11.4. The lowest BCUT2D eigenvalue weighted by atomic mass is 10.1. The summed E-state index contributed by atoms with van der Waals surface area (Å²) in [5.74, 6) is 1.05. The van der Waals surface area contributed by atoms with Gasteiger partial charge in [0, 0.05) is 19.0 Å². The van der Waals surface area contributed by atoms with E-state index in [-0.39, 0.29) is 25.6 Å². The second-order valence-electron chi connectivity index (χ2n) is 4.14. The second-order valence-corrected chi connectivity index (χ2v) is 4.14. The lowest BCUT2D eigenvalue weighted by Crippen LogP contribution is -2.52. The van der Waals surface area contributed by atoms with E-state index in [1.54, 1.807) is 0 Å². The molecule has 0 aliphatic rings. The molecule has 108 valence electrons. The Bertz CT molecular complexity index is 334. The van der Waals surface area contributed by atoms with Crippen molar-refractivity contribution in [1.82, 2.24) is 10.2 Å². The van der Waals surface area contributed by atoms with E-state index in [0.29, 0.717) is 0 Å². The first kappa shape index (κ1) is 17.3. The van der Waals surface area contributed by atoms with Gasteiger partial charge in [-0.15, -0.1) is 12.3 Å². The first-order chi connectivity index (χ1) is 9.01. The van der Waals surface area contributed by atoms with Crippen molar-refractivity contribution in [3.8, 4) is 12.3 Å². The summed E-state index contributed by atoms with van der Waals surface area (Å²) in [5.41, 5.74) is 0. The van der Waals surface area contributed by atoms with Crippen molar-refractivity contribution < 1.29 is 19.8 Å². The molecule has 6 heteroatoms. The molecule has 0 aliphatic carbocycles. The standard InChI is InChI=1S/C13H22N2O4/c1-4-7-11(12(17)18)14-13(19)15(8-9-16)10(5-2)6-3/h1,10-11,16H,5-9H2,2-3H3,(H,14,19)(H,17,18). The molecule has 0 aromatic heterocycles. The van der Waals surface area contributed by atoms with Gasteiger partial charge < -0.3 is 20.4 Å². The van der Waals surface area contributed by atoms with Gasteiger partial charge in [-0.05, 0) is 12.8 Å². The maximum Gasteiger partial charge on any atom is 0.327 e. The third-order valence-corrected chi connectivity index (χ3v) is 2.90. The van der Waals surface area contributed by atoms with E-state index in [9.17, 15) is 9.59 Å². The molecular formula is C13H22N2O4. The summed E-state index contributed by atoms with van der Waals surface area (Å²) in [7, 11) is 0. The molecule has 0 spiro atoms. The van der Waals surface area contributed by atoms with E-state index in [1.807, 2.05) is 13.8 Å². The topological polar surface area (TPSA) is 89.9 Å². The summed E-state index contributed by atoms with van der Waals surface area (Å²) < 4.78 is 0. The lowest BCUT2D eigenvalue weighted by Gasteiger charge is -2.31. The van der Waals surface area contributed by atoms with Gasteiger partial charge in [-0.1, -0.05) is 13.8 Å². The number of nitrogens with zero attached hydrogens (tertiary/aromatic N) is 1. The van der Waals surface area contributed by atoms with Gasteiger partial charge in [-0.25, -0.2) is 9.59 Å². The van der Waals surface area contributed by atoms with Crippen molar-refractivity contribution in [1.29, 1.82) is 0 Å². The zero-order valence-electron chi connectivity index (χ0n) is 11.4. The van der Waals surface area contributed by atoms with E-state index < -0.39 is 18.0 Å². The van der Waals surface area contributed by atoms with Crippen molar-refractivity contribution in [2.75, 3.05) is 13.2 Å². The number of carbonyl (C=O) groups excluding carboxylic acids is 1. The van der Waals surface area contributed by atoms with Crippen LogP contribution < -0.4 is 5.32 Å². The van der Waals surface area contributed by atoms with Crippen molar-refractivity contribution in [3.05, 3.63) is 0 Å². The van der Waals surface area contributed by atoms with Crippen LogP contribution in [-0.4, -0.2) is 52.3 Å². The SMILES string of the molecule is C#CCC(NC(=O)N(CCO)C(CC)CC)C(=O)O. The lowest BCUT2D eigenvalue weighted by molar-refractivity contribution is -0.139. The maximum atomic E-state index is 12.1. The average molecular weight is 270 g/mol. The smallest absolute Gasteiger partial charge is 0.327 e. The summed E-state index contributed by atoms with van der Waals surface area (Å²) in [6.07, 6.45) is 6.47. The van der Waals surface area contributed by atoms with Crippen LogP contribution in [0.3, 0.4) is 0 Å². The minimum absolute atomic E-state index is 0.0348. The molecule has 0 saturated carbocycles.